The smallest absolute Gasteiger partial charge is 0.411 e. The molecule has 0 aliphatic carbocycles. The quantitative estimate of drug-likeness (QED) is 0.833. The van der Waals surface area contributed by atoms with Gasteiger partial charge < -0.3 is 19.6 Å². The van der Waals surface area contributed by atoms with Crippen LogP contribution < -0.4 is 5.32 Å². The Morgan fingerprint density at radius 3 is 2.65 bits per heavy atom. The van der Waals surface area contributed by atoms with Crippen molar-refractivity contribution in [3.8, 4) is 0 Å². The number of aromatic carboxylic acids is 1. The maximum Gasteiger partial charge on any atom is 0.411 e. The highest BCUT2D eigenvalue weighted by atomic mass is 19.4. The van der Waals surface area contributed by atoms with Crippen LogP contribution in [0.2, 0.25) is 0 Å². The molecule has 0 saturated heterocycles. The van der Waals surface area contributed by atoms with Crippen LogP contribution in [0.25, 0.3) is 0 Å². The molecule has 20 heavy (non-hydrogen) atoms. The fourth-order valence-electron chi connectivity index (χ4n) is 1.26. The number of rotatable bonds is 6. The molecule has 0 aliphatic heterocycles. The summed E-state index contributed by atoms with van der Waals surface area (Å²) in [5.74, 6) is -2.24. The zero-order chi connectivity index (χ0) is 15.3. The van der Waals surface area contributed by atoms with Gasteiger partial charge in [-0.2, -0.15) is 13.2 Å². The Morgan fingerprint density at radius 1 is 1.50 bits per heavy atom. The number of alkyl halides is 3. The number of amides is 1. The van der Waals surface area contributed by atoms with Crippen molar-refractivity contribution in [2.24, 2.45) is 0 Å². The summed E-state index contributed by atoms with van der Waals surface area (Å²) < 4.78 is 44.6. The number of furan rings is 1. The minimum atomic E-state index is -4.43. The predicted molar refractivity (Wildman–Crippen MR) is 59.5 cm³/mol. The van der Waals surface area contributed by atoms with Crippen LogP contribution in [0.1, 0.15) is 27.8 Å². The van der Waals surface area contributed by atoms with Crippen molar-refractivity contribution in [3.05, 3.63) is 23.7 Å². The molecule has 0 fully saturated rings. The summed E-state index contributed by atoms with van der Waals surface area (Å²) in [6, 6.07) is 0.323. The minimum Gasteiger partial charge on any atom is -0.478 e. The van der Waals surface area contributed by atoms with E-state index in [4.69, 9.17) is 9.52 Å². The number of nitrogens with one attached hydrogen (secondary N) is 1. The van der Waals surface area contributed by atoms with Crippen LogP contribution in [-0.4, -0.2) is 42.4 Å². The number of hydrogen-bond acceptors (Lipinski definition) is 4. The van der Waals surface area contributed by atoms with E-state index in [2.05, 4.69) is 10.1 Å². The molecule has 0 aromatic carbocycles. The molecule has 1 rings (SSSR count). The largest absolute Gasteiger partial charge is 0.478 e. The van der Waals surface area contributed by atoms with Crippen molar-refractivity contribution in [3.63, 3.8) is 0 Å². The molecule has 1 unspecified atom stereocenters. The van der Waals surface area contributed by atoms with Crippen molar-refractivity contribution in [1.82, 2.24) is 5.32 Å². The number of carbonyl (C=O) groups is 2. The topological polar surface area (TPSA) is 88.8 Å². The van der Waals surface area contributed by atoms with E-state index in [1.165, 1.54) is 6.92 Å². The summed E-state index contributed by atoms with van der Waals surface area (Å²) >= 11 is 0. The predicted octanol–water partition coefficient (Wildman–Crippen LogP) is 1.68. The lowest BCUT2D eigenvalue weighted by Gasteiger charge is -2.14. The highest BCUT2D eigenvalue weighted by Gasteiger charge is 2.27. The first kappa shape index (κ1) is 16.0. The molecular formula is C11H12F3NO5. The van der Waals surface area contributed by atoms with Crippen LogP contribution in [-0.2, 0) is 4.74 Å². The summed E-state index contributed by atoms with van der Waals surface area (Å²) in [7, 11) is 0. The third kappa shape index (κ3) is 5.31. The normalized spacial score (nSPS) is 13.0. The van der Waals surface area contributed by atoms with Crippen LogP contribution in [0, 0.1) is 0 Å². The number of carboxylic acid groups (broad SMARTS) is 1. The molecule has 1 amide bonds. The average molecular weight is 295 g/mol. The SMILES string of the molecule is CC(COCC(F)(F)F)NC(=O)c1cc(C(=O)O)co1. The summed E-state index contributed by atoms with van der Waals surface area (Å²) in [6.45, 7) is -0.301. The maximum absolute atomic E-state index is 11.8. The van der Waals surface area contributed by atoms with Crippen molar-refractivity contribution in [2.45, 2.75) is 19.1 Å². The van der Waals surface area contributed by atoms with Crippen molar-refractivity contribution in [1.29, 1.82) is 0 Å². The molecule has 1 atom stereocenters. The van der Waals surface area contributed by atoms with E-state index in [0.717, 1.165) is 12.3 Å². The highest BCUT2D eigenvalue weighted by Crippen LogP contribution is 2.14. The van der Waals surface area contributed by atoms with Gasteiger partial charge in [-0.25, -0.2) is 4.79 Å². The summed E-state index contributed by atoms with van der Waals surface area (Å²) in [5.41, 5.74) is -0.198. The van der Waals surface area contributed by atoms with E-state index < -0.39 is 30.7 Å². The highest BCUT2D eigenvalue weighted by molar-refractivity contribution is 5.95. The van der Waals surface area contributed by atoms with E-state index in [0.29, 0.717) is 0 Å². The van der Waals surface area contributed by atoms with Crippen LogP contribution in [0.4, 0.5) is 13.2 Å². The number of ether oxygens (including phenoxy) is 1. The Hall–Kier alpha value is -2.03. The average Bonchev–Trinajstić information content (AvgIpc) is 2.76. The minimum absolute atomic E-state index is 0.198. The zero-order valence-electron chi connectivity index (χ0n) is 10.4. The van der Waals surface area contributed by atoms with Crippen molar-refractivity contribution >= 4 is 11.9 Å². The van der Waals surface area contributed by atoms with Gasteiger partial charge in [-0.05, 0) is 6.92 Å². The Kier molecular flexibility index (Phi) is 5.14. The fourth-order valence-corrected chi connectivity index (χ4v) is 1.26. The summed E-state index contributed by atoms with van der Waals surface area (Å²) in [4.78, 5) is 22.2. The first-order valence-electron chi connectivity index (χ1n) is 5.46. The monoisotopic (exact) mass is 295 g/mol. The van der Waals surface area contributed by atoms with Gasteiger partial charge in [-0.15, -0.1) is 0 Å². The van der Waals surface area contributed by atoms with E-state index in [-0.39, 0.29) is 17.9 Å². The first-order valence-corrected chi connectivity index (χ1v) is 5.46. The molecule has 0 aliphatic rings. The van der Waals surface area contributed by atoms with Gasteiger partial charge in [0.05, 0.1) is 12.2 Å². The van der Waals surface area contributed by atoms with Crippen LogP contribution in [0.5, 0.6) is 0 Å². The molecule has 1 aromatic rings. The van der Waals surface area contributed by atoms with Gasteiger partial charge in [-0.1, -0.05) is 0 Å². The molecule has 9 heteroatoms. The third-order valence-electron chi connectivity index (χ3n) is 2.08. The third-order valence-corrected chi connectivity index (χ3v) is 2.08. The second-order valence-corrected chi connectivity index (χ2v) is 4.01. The first-order chi connectivity index (χ1) is 9.19. The van der Waals surface area contributed by atoms with Gasteiger partial charge >= 0.3 is 12.1 Å². The standard InChI is InChI=1S/C11H12F3NO5/c1-6(3-19-5-11(12,13)14)15-9(16)8-2-7(4-20-8)10(17)18/h2,4,6H,3,5H2,1H3,(H,15,16)(H,17,18). The van der Waals surface area contributed by atoms with Gasteiger partial charge in [0.1, 0.15) is 12.9 Å². The molecule has 112 valence electrons. The fraction of sp³-hybridized carbons (Fsp3) is 0.455. The molecule has 6 nitrogen and oxygen atoms in total. The lowest BCUT2D eigenvalue weighted by atomic mass is 10.3. The van der Waals surface area contributed by atoms with Crippen molar-refractivity contribution in [2.75, 3.05) is 13.2 Å². The Balaban J connectivity index is 2.42. The molecule has 1 aromatic heterocycles. The van der Waals surface area contributed by atoms with Gasteiger partial charge in [0.25, 0.3) is 5.91 Å². The second-order valence-electron chi connectivity index (χ2n) is 4.01. The van der Waals surface area contributed by atoms with E-state index in [1.54, 1.807) is 0 Å². The van der Waals surface area contributed by atoms with E-state index in [9.17, 15) is 22.8 Å². The van der Waals surface area contributed by atoms with Crippen molar-refractivity contribution < 1.29 is 37.0 Å². The number of hydrogen-bond donors (Lipinski definition) is 2. The van der Waals surface area contributed by atoms with Gasteiger partial charge in [0, 0.05) is 12.1 Å². The Morgan fingerprint density at radius 2 is 2.15 bits per heavy atom. The lowest BCUT2D eigenvalue weighted by molar-refractivity contribution is -0.174. The lowest BCUT2D eigenvalue weighted by Crippen LogP contribution is -2.36. The van der Waals surface area contributed by atoms with E-state index in [1.807, 2.05) is 0 Å². The Bertz CT molecular complexity index is 483. The molecule has 0 radical (unpaired) electrons. The molecule has 0 spiro atoms. The molecule has 1 heterocycles. The van der Waals surface area contributed by atoms with E-state index >= 15 is 0 Å². The Labute approximate surface area is 111 Å². The summed E-state index contributed by atoms with van der Waals surface area (Å²) in [6.07, 6.45) is -3.54. The van der Waals surface area contributed by atoms with Gasteiger partial charge in [-0.3, -0.25) is 4.79 Å². The zero-order valence-corrected chi connectivity index (χ0v) is 10.4. The molecular weight excluding hydrogens is 283 g/mol. The molecule has 0 bridgehead atoms. The molecule has 2 N–H and O–H groups in total. The van der Waals surface area contributed by atoms with Gasteiger partial charge in [0.15, 0.2) is 5.76 Å². The maximum atomic E-state index is 11.8. The van der Waals surface area contributed by atoms with Crippen LogP contribution >= 0.6 is 0 Å². The molecule has 0 saturated carbocycles. The van der Waals surface area contributed by atoms with Crippen LogP contribution in [0.15, 0.2) is 16.7 Å². The number of carboxylic acids is 1. The van der Waals surface area contributed by atoms with Gasteiger partial charge in [0.2, 0.25) is 0 Å². The van der Waals surface area contributed by atoms with Crippen LogP contribution in [0.3, 0.4) is 0 Å². The summed E-state index contributed by atoms with van der Waals surface area (Å²) in [5, 5.41) is 11.0. The number of carbonyl (C=O) groups excluding carboxylic acids is 1. The second kappa shape index (κ2) is 6.42. The number of halogens is 3.